The molecule has 27 heavy (non-hydrogen) atoms. The van der Waals surface area contributed by atoms with E-state index in [4.69, 9.17) is 4.98 Å². The van der Waals surface area contributed by atoms with Crippen LogP contribution in [0.2, 0.25) is 0 Å². The van der Waals surface area contributed by atoms with Gasteiger partial charge >= 0.3 is 0 Å². The van der Waals surface area contributed by atoms with Crippen LogP contribution < -0.4 is 5.56 Å². The van der Waals surface area contributed by atoms with Gasteiger partial charge in [-0.25, -0.2) is 4.98 Å². The van der Waals surface area contributed by atoms with Crippen LogP contribution in [-0.2, 0) is 19.5 Å². The van der Waals surface area contributed by atoms with Crippen molar-refractivity contribution in [1.82, 2.24) is 14.9 Å². The molecule has 0 fully saturated rings. The maximum absolute atomic E-state index is 12.6. The fourth-order valence-electron chi connectivity index (χ4n) is 3.74. The van der Waals surface area contributed by atoms with E-state index < -0.39 is 0 Å². The van der Waals surface area contributed by atoms with E-state index >= 15 is 0 Å². The Labute approximate surface area is 159 Å². The number of nitrogens with one attached hydrogen (secondary N) is 1. The molecule has 2 aromatic carbocycles. The number of benzene rings is 2. The third-order valence-corrected chi connectivity index (χ3v) is 5.37. The maximum Gasteiger partial charge on any atom is 0.254 e. The van der Waals surface area contributed by atoms with Gasteiger partial charge < -0.3 is 4.98 Å². The summed E-state index contributed by atoms with van der Waals surface area (Å²) >= 11 is 0. The quantitative estimate of drug-likeness (QED) is 0.771. The summed E-state index contributed by atoms with van der Waals surface area (Å²) in [4.78, 5) is 22.7. The van der Waals surface area contributed by atoms with Crippen molar-refractivity contribution in [3.63, 3.8) is 0 Å². The number of H-pyrrole nitrogens is 1. The molecule has 0 bridgehead atoms. The SMILES string of the molecule is Cc1ccc(-c2nc3c(c(=O)[nH]2)CCN(Cc2ccc(C)cc2C)C3)cc1. The number of aryl methyl sites for hydroxylation is 3. The average molecular weight is 359 g/mol. The van der Waals surface area contributed by atoms with Crippen LogP contribution in [0.1, 0.15) is 33.5 Å². The van der Waals surface area contributed by atoms with E-state index in [0.717, 1.165) is 36.3 Å². The monoisotopic (exact) mass is 359 g/mol. The van der Waals surface area contributed by atoms with Crippen molar-refractivity contribution in [1.29, 1.82) is 0 Å². The maximum atomic E-state index is 12.6. The van der Waals surface area contributed by atoms with Crippen LogP contribution >= 0.6 is 0 Å². The summed E-state index contributed by atoms with van der Waals surface area (Å²) in [6, 6.07) is 14.7. The van der Waals surface area contributed by atoms with Gasteiger partial charge in [0, 0.05) is 30.8 Å². The van der Waals surface area contributed by atoms with Gasteiger partial charge in [-0.1, -0.05) is 53.6 Å². The summed E-state index contributed by atoms with van der Waals surface area (Å²) in [7, 11) is 0. The van der Waals surface area contributed by atoms with Gasteiger partial charge in [0.2, 0.25) is 0 Å². The van der Waals surface area contributed by atoms with Crippen LogP contribution in [0.5, 0.6) is 0 Å². The summed E-state index contributed by atoms with van der Waals surface area (Å²) in [6.07, 6.45) is 0.747. The predicted molar refractivity (Wildman–Crippen MR) is 109 cm³/mol. The van der Waals surface area contributed by atoms with E-state index in [1.165, 1.54) is 22.3 Å². The largest absolute Gasteiger partial charge is 0.306 e. The molecule has 1 aromatic heterocycles. The van der Waals surface area contributed by atoms with Crippen LogP contribution in [0.4, 0.5) is 0 Å². The summed E-state index contributed by atoms with van der Waals surface area (Å²) < 4.78 is 0. The fourth-order valence-corrected chi connectivity index (χ4v) is 3.74. The number of aromatic nitrogens is 2. The van der Waals surface area contributed by atoms with E-state index in [-0.39, 0.29) is 5.56 Å². The van der Waals surface area contributed by atoms with Gasteiger partial charge in [0.1, 0.15) is 5.82 Å². The highest BCUT2D eigenvalue weighted by Crippen LogP contribution is 2.21. The van der Waals surface area contributed by atoms with Crippen molar-refractivity contribution in [2.75, 3.05) is 6.54 Å². The molecule has 3 aromatic rings. The molecule has 1 aliphatic heterocycles. The lowest BCUT2D eigenvalue weighted by Gasteiger charge is -2.28. The third kappa shape index (κ3) is 3.71. The van der Waals surface area contributed by atoms with Crippen molar-refractivity contribution >= 4 is 0 Å². The van der Waals surface area contributed by atoms with Crippen LogP contribution in [0.15, 0.2) is 47.3 Å². The zero-order valence-corrected chi connectivity index (χ0v) is 16.2. The standard InChI is InChI=1S/C23H25N3O/c1-15-4-7-18(8-5-15)22-24-21-14-26(11-10-20(21)23(27)25-22)13-19-9-6-16(2)12-17(19)3/h4-9,12H,10-11,13-14H2,1-3H3,(H,24,25,27). The Morgan fingerprint density at radius 3 is 2.52 bits per heavy atom. The first-order valence-electron chi connectivity index (χ1n) is 9.47. The Hall–Kier alpha value is -2.72. The van der Waals surface area contributed by atoms with E-state index in [1.54, 1.807) is 0 Å². The molecule has 4 rings (SSSR count). The van der Waals surface area contributed by atoms with Crippen LogP contribution in [0.3, 0.4) is 0 Å². The topological polar surface area (TPSA) is 49.0 Å². The van der Waals surface area contributed by atoms with E-state index in [1.807, 2.05) is 24.3 Å². The molecule has 0 unspecified atom stereocenters. The Morgan fingerprint density at radius 2 is 1.78 bits per heavy atom. The highest BCUT2D eigenvalue weighted by molar-refractivity contribution is 5.55. The molecule has 0 saturated carbocycles. The number of fused-ring (bicyclic) bond motifs is 1. The number of nitrogens with zero attached hydrogens (tertiary/aromatic N) is 2. The second-order valence-electron chi connectivity index (χ2n) is 7.60. The molecule has 0 aliphatic carbocycles. The van der Waals surface area contributed by atoms with Crippen LogP contribution in [0.25, 0.3) is 11.4 Å². The van der Waals surface area contributed by atoms with Crippen LogP contribution in [-0.4, -0.2) is 21.4 Å². The van der Waals surface area contributed by atoms with Crippen molar-refractivity contribution in [3.8, 4) is 11.4 Å². The number of rotatable bonds is 3. The zero-order valence-electron chi connectivity index (χ0n) is 16.2. The van der Waals surface area contributed by atoms with Gasteiger partial charge in [0.05, 0.1) is 5.69 Å². The summed E-state index contributed by atoms with van der Waals surface area (Å²) in [5.74, 6) is 0.659. The number of hydrogen-bond donors (Lipinski definition) is 1. The van der Waals surface area contributed by atoms with E-state index in [2.05, 4.69) is 48.9 Å². The van der Waals surface area contributed by atoms with Gasteiger partial charge in [-0.05, 0) is 38.3 Å². The minimum absolute atomic E-state index is 0.00161. The summed E-state index contributed by atoms with van der Waals surface area (Å²) in [6.45, 7) is 8.83. The molecular formula is C23H25N3O. The van der Waals surface area contributed by atoms with Gasteiger partial charge in [-0.3, -0.25) is 9.69 Å². The molecule has 0 radical (unpaired) electrons. The summed E-state index contributed by atoms with van der Waals surface area (Å²) in [5.41, 5.74) is 7.84. The zero-order chi connectivity index (χ0) is 19.0. The lowest BCUT2D eigenvalue weighted by molar-refractivity contribution is 0.240. The second-order valence-corrected chi connectivity index (χ2v) is 7.60. The highest BCUT2D eigenvalue weighted by Gasteiger charge is 2.21. The first kappa shape index (κ1) is 17.7. The smallest absolute Gasteiger partial charge is 0.254 e. The lowest BCUT2D eigenvalue weighted by atomic mass is 10.0. The highest BCUT2D eigenvalue weighted by atomic mass is 16.1. The molecule has 138 valence electrons. The molecule has 0 atom stereocenters. The molecule has 0 saturated heterocycles. The first-order valence-corrected chi connectivity index (χ1v) is 9.47. The lowest BCUT2D eigenvalue weighted by Crippen LogP contribution is -2.35. The Bertz CT molecular complexity index is 1030. The third-order valence-electron chi connectivity index (χ3n) is 5.37. The molecule has 4 heteroatoms. The predicted octanol–water partition coefficient (Wildman–Crippen LogP) is 3.92. The normalized spacial score (nSPS) is 14.2. The molecule has 2 heterocycles. The fraction of sp³-hybridized carbons (Fsp3) is 0.304. The van der Waals surface area contributed by atoms with Crippen LogP contribution in [0, 0.1) is 20.8 Å². The van der Waals surface area contributed by atoms with Gasteiger partial charge in [0.15, 0.2) is 0 Å². The minimum atomic E-state index is 0.00161. The number of hydrogen-bond acceptors (Lipinski definition) is 3. The van der Waals surface area contributed by atoms with Gasteiger partial charge in [-0.2, -0.15) is 0 Å². The van der Waals surface area contributed by atoms with Crippen molar-refractivity contribution in [2.45, 2.75) is 40.3 Å². The molecule has 1 aliphatic rings. The molecule has 1 N–H and O–H groups in total. The Morgan fingerprint density at radius 1 is 1.04 bits per heavy atom. The first-order chi connectivity index (χ1) is 13.0. The molecular weight excluding hydrogens is 334 g/mol. The van der Waals surface area contributed by atoms with Gasteiger partial charge in [-0.15, -0.1) is 0 Å². The van der Waals surface area contributed by atoms with E-state index in [0.29, 0.717) is 12.4 Å². The minimum Gasteiger partial charge on any atom is -0.306 e. The van der Waals surface area contributed by atoms with Crippen molar-refractivity contribution < 1.29 is 0 Å². The Balaban J connectivity index is 1.61. The average Bonchev–Trinajstić information content (AvgIpc) is 2.64. The summed E-state index contributed by atoms with van der Waals surface area (Å²) in [5, 5.41) is 0. The molecule has 0 spiro atoms. The van der Waals surface area contributed by atoms with Gasteiger partial charge in [0.25, 0.3) is 5.56 Å². The molecule has 4 nitrogen and oxygen atoms in total. The van der Waals surface area contributed by atoms with E-state index in [9.17, 15) is 4.79 Å². The van der Waals surface area contributed by atoms with Crippen molar-refractivity contribution in [2.24, 2.45) is 0 Å². The second kappa shape index (κ2) is 7.12. The number of aromatic amines is 1. The Kier molecular flexibility index (Phi) is 4.66. The van der Waals surface area contributed by atoms with Crippen molar-refractivity contribution in [3.05, 3.63) is 86.3 Å². The molecule has 0 amide bonds.